The number of ether oxygens (including phenoxy) is 1. The SMILES string of the molecule is CC[Si]1(CC)CCN(C(=O)OC(C)(C)C)CC1. The summed E-state index contributed by atoms with van der Waals surface area (Å²) in [6.07, 6.45) is -0.132. The molecular formula is C13H27NO2Si. The van der Waals surface area contributed by atoms with Crippen LogP contribution in [0, 0.1) is 0 Å². The van der Waals surface area contributed by atoms with Crippen molar-refractivity contribution < 1.29 is 9.53 Å². The zero-order valence-corrected chi connectivity index (χ0v) is 13.0. The van der Waals surface area contributed by atoms with E-state index in [2.05, 4.69) is 13.8 Å². The van der Waals surface area contributed by atoms with E-state index in [1.807, 2.05) is 25.7 Å². The highest BCUT2D eigenvalue weighted by molar-refractivity contribution is 6.80. The highest BCUT2D eigenvalue weighted by atomic mass is 28.3. The van der Waals surface area contributed by atoms with Crippen molar-refractivity contribution in [2.75, 3.05) is 13.1 Å². The molecule has 0 aliphatic carbocycles. The van der Waals surface area contributed by atoms with Gasteiger partial charge < -0.3 is 9.64 Å². The molecule has 1 amide bonds. The maximum absolute atomic E-state index is 11.9. The molecule has 0 aromatic carbocycles. The van der Waals surface area contributed by atoms with Crippen LogP contribution >= 0.6 is 0 Å². The third kappa shape index (κ3) is 4.02. The summed E-state index contributed by atoms with van der Waals surface area (Å²) in [5.74, 6) is 0. The molecule has 0 N–H and O–H groups in total. The first-order chi connectivity index (χ1) is 7.82. The molecule has 0 atom stereocenters. The van der Waals surface area contributed by atoms with Crippen LogP contribution in [0.3, 0.4) is 0 Å². The Bertz CT molecular complexity index is 259. The summed E-state index contributed by atoms with van der Waals surface area (Å²) in [4.78, 5) is 13.8. The Kier molecular flexibility index (Phi) is 4.64. The molecule has 1 heterocycles. The van der Waals surface area contributed by atoms with Gasteiger partial charge in [0.05, 0.1) is 8.07 Å². The summed E-state index contributed by atoms with van der Waals surface area (Å²) >= 11 is 0. The first-order valence-corrected chi connectivity index (χ1v) is 9.63. The summed E-state index contributed by atoms with van der Waals surface area (Å²) in [6, 6.07) is 5.20. The van der Waals surface area contributed by atoms with Gasteiger partial charge in [0.2, 0.25) is 0 Å². The van der Waals surface area contributed by atoms with Crippen LogP contribution < -0.4 is 0 Å². The molecule has 100 valence electrons. The van der Waals surface area contributed by atoms with Gasteiger partial charge >= 0.3 is 6.09 Å². The van der Waals surface area contributed by atoms with Gasteiger partial charge in [0.1, 0.15) is 5.60 Å². The third-order valence-corrected chi connectivity index (χ3v) is 9.54. The van der Waals surface area contributed by atoms with Gasteiger partial charge in [-0.1, -0.05) is 25.9 Å². The van der Waals surface area contributed by atoms with Crippen LogP contribution in [-0.2, 0) is 4.74 Å². The predicted octanol–water partition coefficient (Wildman–Crippen LogP) is 3.73. The van der Waals surface area contributed by atoms with Crippen LogP contribution in [0.15, 0.2) is 0 Å². The number of amides is 1. The average Bonchev–Trinajstić information content (AvgIpc) is 2.27. The number of carbonyl (C=O) groups excluding carboxylic acids is 1. The molecule has 4 heteroatoms. The molecule has 0 aromatic rings. The minimum Gasteiger partial charge on any atom is -0.444 e. The predicted molar refractivity (Wildman–Crippen MR) is 74.1 cm³/mol. The first kappa shape index (κ1) is 14.5. The maximum Gasteiger partial charge on any atom is 0.410 e. The second-order valence-electron chi connectivity index (χ2n) is 6.17. The highest BCUT2D eigenvalue weighted by Crippen LogP contribution is 2.30. The zero-order valence-electron chi connectivity index (χ0n) is 12.0. The molecule has 17 heavy (non-hydrogen) atoms. The smallest absolute Gasteiger partial charge is 0.410 e. The minimum absolute atomic E-state index is 0.132. The van der Waals surface area contributed by atoms with E-state index in [4.69, 9.17) is 4.74 Å². The monoisotopic (exact) mass is 257 g/mol. The van der Waals surface area contributed by atoms with E-state index >= 15 is 0 Å². The highest BCUT2D eigenvalue weighted by Gasteiger charge is 2.35. The van der Waals surface area contributed by atoms with Crippen LogP contribution in [0.4, 0.5) is 4.79 Å². The van der Waals surface area contributed by atoms with Crippen LogP contribution in [-0.4, -0.2) is 37.8 Å². The maximum atomic E-state index is 11.9. The molecule has 0 spiro atoms. The van der Waals surface area contributed by atoms with Gasteiger partial charge in [-0.2, -0.15) is 0 Å². The lowest BCUT2D eigenvalue weighted by molar-refractivity contribution is 0.0260. The van der Waals surface area contributed by atoms with Gasteiger partial charge in [0.15, 0.2) is 0 Å². The molecule has 0 bridgehead atoms. The van der Waals surface area contributed by atoms with Crippen molar-refractivity contribution in [1.82, 2.24) is 4.90 Å². The summed E-state index contributed by atoms with van der Waals surface area (Å²) < 4.78 is 5.42. The van der Waals surface area contributed by atoms with E-state index in [9.17, 15) is 4.79 Å². The number of nitrogens with zero attached hydrogens (tertiary/aromatic N) is 1. The normalized spacial score (nSPS) is 20.2. The number of rotatable bonds is 2. The second kappa shape index (κ2) is 5.42. The number of hydrogen-bond acceptors (Lipinski definition) is 2. The van der Waals surface area contributed by atoms with Crippen molar-refractivity contribution >= 4 is 14.2 Å². The second-order valence-corrected chi connectivity index (χ2v) is 11.6. The van der Waals surface area contributed by atoms with Crippen molar-refractivity contribution in [3.8, 4) is 0 Å². The van der Waals surface area contributed by atoms with Crippen molar-refractivity contribution in [1.29, 1.82) is 0 Å². The fourth-order valence-corrected chi connectivity index (χ4v) is 6.10. The summed E-state index contributed by atoms with van der Waals surface area (Å²) in [5.41, 5.74) is -0.376. The lowest BCUT2D eigenvalue weighted by Gasteiger charge is -2.39. The van der Waals surface area contributed by atoms with E-state index in [0.29, 0.717) is 0 Å². The van der Waals surface area contributed by atoms with E-state index in [1.54, 1.807) is 0 Å². The molecule has 3 nitrogen and oxygen atoms in total. The topological polar surface area (TPSA) is 29.5 Å². The van der Waals surface area contributed by atoms with E-state index in [1.165, 1.54) is 24.2 Å². The van der Waals surface area contributed by atoms with Crippen molar-refractivity contribution in [3.05, 3.63) is 0 Å². The van der Waals surface area contributed by atoms with Crippen molar-refractivity contribution in [2.45, 2.75) is 64.4 Å². The molecule has 1 aliphatic heterocycles. The van der Waals surface area contributed by atoms with E-state index < -0.39 is 8.07 Å². The number of hydrogen-bond donors (Lipinski definition) is 0. The van der Waals surface area contributed by atoms with Gasteiger partial charge in [0, 0.05) is 13.1 Å². The Morgan fingerprint density at radius 3 is 2.00 bits per heavy atom. The van der Waals surface area contributed by atoms with E-state index in [0.717, 1.165) is 13.1 Å². The Morgan fingerprint density at radius 1 is 1.18 bits per heavy atom. The average molecular weight is 257 g/mol. The number of carbonyl (C=O) groups is 1. The molecule has 1 rings (SSSR count). The fraction of sp³-hybridized carbons (Fsp3) is 0.923. The molecule has 1 aliphatic rings. The summed E-state index contributed by atoms with van der Waals surface area (Å²) in [5, 5.41) is 0. The van der Waals surface area contributed by atoms with Gasteiger partial charge in [-0.3, -0.25) is 0 Å². The quantitative estimate of drug-likeness (QED) is 0.706. The van der Waals surface area contributed by atoms with Crippen LogP contribution in [0.2, 0.25) is 24.2 Å². The van der Waals surface area contributed by atoms with Gasteiger partial charge in [-0.25, -0.2) is 4.79 Å². The summed E-state index contributed by atoms with van der Waals surface area (Å²) in [7, 11) is -1.03. The largest absolute Gasteiger partial charge is 0.444 e. The molecule has 1 saturated heterocycles. The third-order valence-electron chi connectivity index (χ3n) is 3.98. The Balaban J connectivity index is 2.49. The standard InChI is InChI=1S/C13H27NO2Si/c1-6-17(7-2)10-8-14(9-11-17)12(15)16-13(3,4)5/h6-11H2,1-5H3. The van der Waals surface area contributed by atoms with Crippen molar-refractivity contribution in [3.63, 3.8) is 0 Å². The van der Waals surface area contributed by atoms with Gasteiger partial charge in [-0.15, -0.1) is 0 Å². The van der Waals surface area contributed by atoms with Crippen molar-refractivity contribution in [2.24, 2.45) is 0 Å². The Hall–Kier alpha value is -0.513. The Morgan fingerprint density at radius 2 is 1.65 bits per heavy atom. The Labute approximate surface area is 107 Å². The lowest BCUT2D eigenvalue weighted by Crippen LogP contribution is -2.49. The van der Waals surface area contributed by atoms with Crippen LogP contribution in [0.1, 0.15) is 34.6 Å². The van der Waals surface area contributed by atoms with Crippen LogP contribution in [0.25, 0.3) is 0 Å². The molecular weight excluding hydrogens is 230 g/mol. The molecule has 0 saturated carbocycles. The molecule has 0 aromatic heterocycles. The lowest BCUT2D eigenvalue weighted by atomic mass is 10.2. The van der Waals surface area contributed by atoms with Gasteiger partial charge in [0.25, 0.3) is 0 Å². The first-order valence-electron chi connectivity index (χ1n) is 6.80. The fourth-order valence-electron chi connectivity index (χ4n) is 2.45. The molecule has 0 unspecified atom stereocenters. The van der Waals surface area contributed by atoms with E-state index in [-0.39, 0.29) is 11.7 Å². The van der Waals surface area contributed by atoms with Crippen LogP contribution in [0.5, 0.6) is 0 Å². The molecule has 1 fully saturated rings. The zero-order chi connectivity index (χ0) is 13.1. The minimum atomic E-state index is -1.03. The molecule has 0 radical (unpaired) electrons. The summed E-state index contributed by atoms with van der Waals surface area (Å²) in [6.45, 7) is 12.2. The van der Waals surface area contributed by atoms with Gasteiger partial charge in [-0.05, 0) is 32.9 Å².